The maximum Gasteiger partial charge on any atom is 0.392 e. The minimum absolute atomic E-state index is 0.0347. The molecule has 1 aromatic rings. The molecule has 0 aromatic heterocycles. The lowest BCUT2D eigenvalue weighted by atomic mass is 9.78. The van der Waals surface area contributed by atoms with Crippen molar-refractivity contribution in [2.45, 2.75) is 44.2 Å². The largest absolute Gasteiger partial charge is 0.392 e. The third-order valence-corrected chi connectivity index (χ3v) is 4.11. The monoisotopic (exact) mass is 311 g/mol. The lowest BCUT2D eigenvalue weighted by molar-refractivity contribution is -0.125. The summed E-state index contributed by atoms with van der Waals surface area (Å²) in [5.41, 5.74) is 0.904. The molecule has 2 rings (SSSR count). The molecule has 0 saturated heterocycles. The van der Waals surface area contributed by atoms with Crippen LogP contribution in [-0.4, -0.2) is 6.18 Å². The molecule has 0 amide bonds. The highest BCUT2D eigenvalue weighted by Crippen LogP contribution is 2.37. The van der Waals surface area contributed by atoms with Gasteiger partial charge < -0.3 is 0 Å². The second-order valence-electron chi connectivity index (χ2n) is 5.71. The van der Waals surface area contributed by atoms with E-state index in [1.807, 2.05) is 0 Å². The number of rotatable bonds is 3. The van der Waals surface area contributed by atoms with Gasteiger partial charge >= 0.3 is 6.18 Å². The third-order valence-electron chi connectivity index (χ3n) is 4.11. The zero-order chi connectivity index (χ0) is 16.2. The van der Waals surface area contributed by atoms with E-state index in [1.54, 1.807) is 18.2 Å². The van der Waals surface area contributed by atoms with Crippen LogP contribution in [0.15, 0.2) is 30.4 Å². The fourth-order valence-electron chi connectivity index (χ4n) is 2.92. The molecule has 0 atom stereocenters. The first-order chi connectivity index (χ1) is 10.4. The maximum atomic E-state index is 13.6. The summed E-state index contributed by atoms with van der Waals surface area (Å²) in [6.45, 7) is 0. The van der Waals surface area contributed by atoms with Gasteiger partial charge in [-0.15, -0.1) is 0 Å². The van der Waals surface area contributed by atoms with Gasteiger partial charge in [-0.05, 0) is 55.2 Å². The third kappa shape index (κ3) is 4.59. The van der Waals surface area contributed by atoms with Gasteiger partial charge in [-0.1, -0.05) is 18.2 Å². The molecule has 118 valence electrons. The van der Waals surface area contributed by atoms with Crippen LogP contribution in [0.2, 0.25) is 0 Å². The molecule has 1 aliphatic carbocycles. The number of halogens is 4. The SMILES string of the molecule is N#Cc1ccc([C@H]2CC[C@H](/C=C/CC(F)(F)F)CC2)cc1F. The molecule has 1 fully saturated rings. The van der Waals surface area contributed by atoms with Crippen molar-refractivity contribution < 1.29 is 17.6 Å². The molecule has 0 aliphatic heterocycles. The number of benzene rings is 1. The summed E-state index contributed by atoms with van der Waals surface area (Å²) in [5.74, 6) is -0.122. The Kier molecular flexibility index (Phi) is 5.23. The average Bonchev–Trinajstić information content (AvgIpc) is 2.46. The molecule has 0 spiro atoms. The number of allylic oxidation sites excluding steroid dienone is 2. The molecule has 1 aliphatic rings. The van der Waals surface area contributed by atoms with Crippen molar-refractivity contribution in [3.05, 3.63) is 47.3 Å². The summed E-state index contributed by atoms with van der Waals surface area (Å²) in [6, 6.07) is 6.45. The summed E-state index contributed by atoms with van der Waals surface area (Å²) in [5, 5.41) is 8.72. The van der Waals surface area contributed by atoms with Gasteiger partial charge in [-0.25, -0.2) is 4.39 Å². The van der Waals surface area contributed by atoms with Crippen LogP contribution in [0.1, 0.15) is 49.1 Å². The summed E-state index contributed by atoms with van der Waals surface area (Å²) >= 11 is 0. The van der Waals surface area contributed by atoms with E-state index in [-0.39, 0.29) is 17.4 Å². The van der Waals surface area contributed by atoms with Gasteiger partial charge in [0.25, 0.3) is 0 Å². The van der Waals surface area contributed by atoms with Gasteiger partial charge in [0.1, 0.15) is 11.9 Å². The molecular weight excluding hydrogens is 294 g/mol. The normalized spacial score (nSPS) is 22.7. The first kappa shape index (κ1) is 16.5. The van der Waals surface area contributed by atoms with Crippen molar-refractivity contribution in [1.82, 2.24) is 0 Å². The van der Waals surface area contributed by atoms with Crippen LogP contribution < -0.4 is 0 Å². The zero-order valence-corrected chi connectivity index (χ0v) is 12.0. The van der Waals surface area contributed by atoms with Crippen LogP contribution in [0.25, 0.3) is 0 Å². The Labute approximate surface area is 127 Å². The van der Waals surface area contributed by atoms with E-state index in [0.717, 1.165) is 31.2 Å². The Bertz CT molecular complexity index is 575. The molecule has 1 aromatic carbocycles. The van der Waals surface area contributed by atoms with Gasteiger partial charge in [0.15, 0.2) is 0 Å². The summed E-state index contributed by atoms with van der Waals surface area (Å²) in [6.07, 6.45) is 1.09. The number of nitriles is 1. The van der Waals surface area contributed by atoms with Crippen molar-refractivity contribution in [3.8, 4) is 6.07 Å². The summed E-state index contributed by atoms with van der Waals surface area (Å²) in [4.78, 5) is 0. The minimum atomic E-state index is -4.15. The van der Waals surface area contributed by atoms with E-state index in [9.17, 15) is 17.6 Å². The van der Waals surface area contributed by atoms with E-state index in [1.165, 1.54) is 18.2 Å². The molecule has 1 saturated carbocycles. The summed E-state index contributed by atoms with van der Waals surface area (Å²) < 4.78 is 49.9. The molecule has 0 N–H and O–H groups in total. The quantitative estimate of drug-likeness (QED) is 0.535. The van der Waals surface area contributed by atoms with Gasteiger partial charge in [0.05, 0.1) is 12.0 Å². The van der Waals surface area contributed by atoms with Crippen molar-refractivity contribution in [1.29, 1.82) is 5.26 Å². The number of hydrogen-bond acceptors (Lipinski definition) is 1. The topological polar surface area (TPSA) is 23.8 Å². The molecule has 5 heteroatoms. The van der Waals surface area contributed by atoms with E-state index in [2.05, 4.69) is 0 Å². The van der Waals surface area contributed by atoms with E-state index >= 15 is 0 Å². The predicted octanol–water partition coefficient (Wildman–Crippen LogP) is 5.48. The molecular formula is C17H17F4N. The van der Waals surface area contributed by atoms with Crippen LogP contribution in [0, 0.1) is 23.1 Å². The zero-order valence-electron chi connectivity index (χ0n) is 12.0. The highest BCUT2D eigenvalue weighted by molar-refractivity contribution is 5.35. The van der Waals surface area contributed by atoms with Gasteiger partial charge in [0.2, 0.25) is 0 Å². The van der Waals surface area contributed by atoms with Crippen molar-refractivity contribution in [3.63, 3.8) is 0 Å². The molecule has 0 heterocycles. The Morgan fingerprint density at radius 1 is 1.18 bits per heavy atom. The van der Waals surface area contributed by atoms with Gasteiger partial charge in [0, 0.05) is 0 Å². The van der Waals surface area contributed by atoms with Crippen LogP contribution in [-0.2, 0) is 0 Å². The maximum absolute atomic E-state index is 13.6. The predicted molar refractivity (Wildman–Crippen MR) is 75.6 cm³/mol. The molecule has 1 nitrogen and oxygen atoms in total. The lowest BCUT2D eigenvalue weighted by Crippen LogP contribution is -2.12. The van der Waals surface area contributed by atoms with Gasteiger partial charge in [-0.2, -0.15) is 18.4 Å². The standard InChI is InChI=1S/C17H17F4N/c18-16-10-14(7-8-15(16)11-22)13-5-3-12(4-6-13)2-1-9-17(19,20)21/h1-2,7-8,10,12-13H,3-6,9H2/b2-1+/t12-,13-. The smallest absolute Gasteiger partial charge is 0.206 e. The van der Waals surface area contributed by atoms with Crippen molar-refractivity contribution in [2.24, 2.45) is 5.92 Å². The molecule has 0 bridgehead atoms. The Morgan fingerprint density at radius 3 is 2.41 bits per heavy atom. The van der Waals surface area contributed by atoms with Crippen LogP contribution >= 0.6 is 0 Å². The first-order valence-electron chi connectivity index (χ1n) is 7.32. The number of hydrogen-bond donors (Lipinski definition) is 0. The highest BCUT2D eigenvalue weighted by Gasteiger charge is 2.25. The number of alkyl halides is 3. The number of nitrogens with zero attached hydrogens (tertiary/aromatic N) is 1. The Morgan fingerprint density at radius 2 is 1.86 bits per heavy atom. The highest BCUT2D eigenvalue weighted by atomic mass is 19.4. The second-order valence-corrected chi connectivity index (χ2v) is 5.71. The second kappa shape index (κ2) is 6.95. The summed E-state index contributed by atoms with van der Waals surface area (Å²) in [7, 11) is 0. The van der Waals surface area contributed by atoms with Crippen molar-refractivity contribution in [2.75, 3.05) is 0 Å². The van der Waals surface area contributed by atoms with Crippen LogP contribution in [0.4, 0.5) is 17.6 Å². The van der Waals surface area contributed by atoms with E-state index in [0.29, 0.717) is 0 Å². The Balaban J connectivity index is 1.90. The molecule has 0 unspecified atom stereocenters. The van der Waals surface area contributed by atoms with Crippen LogP contribution in [0.5, 0.6) is 0 Å². The fourth-order valence-corrected chi connectivity index (χ4v) is 2.92. The molecule has 22 heavy (non-hydrogen) atoms. The average molecular weight is 311 g/mol. The van der Waals surface area contributed by atoms with Gasteiger partial charge in [-0.3, -0.25) is 0 Å². The fraction of sp³-hybridized carbons (Fsp3) is 0.471. The van der Waals surface area contributed by atoms with Crippen LogP contribution in [0.3, 0.4) is 0 Å². The minimum Gasteiger partial charge on any atom is -0.206 e. The van der Waals surface area contributed by atoms with Crippen molar-refractivity contribution >= 4 is 0 Å². The lowest BCUT2D eigenvalue weighted by Gasteiger charge is -2.27. The molecule has 0 radical (unpaired) electrons. The van der Waals surface area contributed by atoms with E-state index in [4.69, 9.17) is 5.26 Å². The van der Waals surface area contributed by atoms with E-state index < -0.39 is 18.4 Å². The Hall–Kier alpha value is -1.83. The first-order valence-corrected chi connectivity index (χ1v) is 7.32.